The molecule has 1 N–H and O–H groups in total. The van der Waals surface area contributed by atoms with Gasteiger partial charge < -0.3 is 10.2 Å². The number of amides is 2. The molecule has 2 aromatic carbocycles. The van der Waals surface area contributed by atoms with Crippen molar-refractivity contribution < 1.29 is 4.79 Å². The van der Waals surface area contributed by atoms with Crippen LogP contribution in [0.25, 0.3) is 0 Å². The van der Waals surface area contributed by atoms with Gasteiger partial charge >= 0.3 is 6.03 Å². The van der Waals surface area contributed by atoms with Gasteiger partial charge in [-0.1, -0.05) is 48.0 Å². The van der Waals surface area contributed by atoms with Crippen molar-refractivity contribution in [3.05, 3.63) is 64.7 Å². The van der Waals surface area contributed by atoms with E-state index in [2.05, 4.69) is 11.4 Å². The van der Waals surface area contributed by atoms with E-state index in [4.69, 9.17) is 11.6 Å². The molecule has 2 aromatic rings. The first-order valence-electron chi connectivity index (χ1n) is 8.13. The predicted molar refractivity (Wildman–Crippen MR) is 103 cm³/mol. The Bertz CT molecular complexity index is 722. The Morgan fingerprint density at radius 2 is 1.92 bits per heavy atom. The summed E-state index contributed by atoms with van der Waals surface area (Å²) in [5, 5.41) is 4.18. The first kappa shape index (κ1) is 17.2. The molecule has 126 valence electrons. The predicted octanol–water partition coefficient (Wildman–Crippen LogP) is 5.36. The lowest BCUT2D eigenvalue weighted by atomic mass is 10.1. The Balaban J connectivity index is 1.64. The van der Waals surface area contributed by atoms with E-state index in [1.54, 1.807) is 0 Å². The van der Waals surface area contributed by atoms with Gasteiger partial charge in [0.15, 0.2) is 0 Å². The van der Waals surface area contributed by atoms with E-state index in [9.17, 15) is 4.79 Å². The number of carbonyl (C=O) groups is 1. The Kier molecular flexibility index (Phi) is 5.69. The molecule has 1 aliphatic heterocycles. The molecule has 1 saturated heterocycles. The van der Waals surface area contributed by atoms with Crippen molar-refractivity contribution in [2.24, 2.45) is 0 Å². The topological polar surface area (TPSA) is 32.3 Å². The molecule has 0 aromatic heterocycles. The summed E-state index contributed by atoms with van der Waals surface area (Å²) in [7, 11) is 0. The summed E-state index contributed by atoms with van der Waals surface area (Å²) in [5.74, 6) is 0.914. The molecule has 24 heavy (non-hydrogen) atoms. The highest BCUT2D eigenvalue weighted by molar-refractivity contribution is 7.99. The number of anilines is 1. The lowest BCUT2D eigenvalue weighted by Crippen LogP contribution is -2.36. The summed E-state index contributed by atoms with van der Waals surface area (Å²) in [6, 6.07) is 15.8. The largest absolute Gasteiger partial charge is 0.324 e. The highest BCUT2D eigenvalue weighted by atomic mass is 35.5. The second-order valence-electron chi connectivity index (χ2n) is 5.90. The Hall–Kier alpha value is -1.65. The van der Waals surface area contributed by atoms with Crippen LogP contribution in [0.2, 0.25) is 5.02 Å². The van der Waals surface area contributed by atoms with Gasteiger partial charge in [-0.3, -0.25) is 0 Å². The van der Waals surface area contributed by atoms with Gasteiger partial charge in [0.05, 0.1) is 0 Å². The number of para-hydroxylation sites is 1. The van der Waals surface area contributed by atoms with Crippen LogP contribution in [0.4, 0.5) is 10.5 Å². The van der Waals surface area contributed by atoms with Crippen molar-refractivity contribution in [2.45, 2.75) is 18.6 Å². The number of hydrogen-bond acceptors (Lipinski definition) is 2. The van der Waals surface area contributed by atoms with Crippen LogP contribution in [0.3, 0.4) is 0 Å². The highest BCUT2D eigenvalue weighted by Crippen LogP contribution is 2.37. The van der Waals surface area contributed by atoms with Gasteiger partial charge in [-0.25, -0.2) is 4.79 Å². The van der Waals surface area contributed by atoms with Crippen LogP contribution in [-0.4, -0.2) is 29.8 Å². The average molecular weight is 361 g/mol. The van der Waals surface area contributed by atoms with E-state index in [0.29, 0.717) is 5.25 Å². The molecule has 0 bridgehead atoms. The van der Waals surface area contributed by atoms with Crippen LogP contribution in [0, 0.1) is 6.92 Å². The maximum Gasteiger partial charge on any atom is 0.321 e. The van der Waals surface area contributed by atoms with Crippen molar-refractivity contribution in [3.63, 3.8) is 0 Å². The molecular weight excluding hydrogens is 340 g/mol. The molecule has 1 heterocycles. The maximum atomic E-state index is 12.6. The number of rotatable bonds is 2. The molecule has 2 amide bonds. The third-order valence-electron chi connectivity index (χ3n) is 4.27. The maximum absolute atomic E-state index is 12.6. The van der Waals surface area contributed by atoms with Crippen LogP contribution < -0.4 is 5.32 Å². The zero-order valence-corrected chi connectivity index (χ0v) is 15.2. The van der Waals surface area contributed by atoms with Crippen LogP contribution in [0.1, 0.15) is 22.8 Å². The third-order valence-corrected chi connectivity index (χ3v) is 5.92. The summed E-state index contributed by atoms with van der Waals surface area (Å²) >= 11 is 8.20. The first-order chi connectivity index (χ1) is 11.6. The van der Waals surface area contributed by atoms with Gasteiger partial charge in [0, 0.05) is 34.8 Å². The van der Waals surface area contributed by atoms with Crippen molar-refractivity contribution >= 4 is 35.1 Å². The monoisotopic (exact) mass is 360 g/mol. The second-order valence-corrected chi connectivity index (χ2v) is 7.62. The van der Waals surface area contributed by atoms with Crippen LogP contribution >= 0.6 is 23.4 Å². The van der Waals surface area contributed by atoms with Gasteiger partial charge in [-0.2, -0.15) is 11.8 Å². The number of nitrogens with zero attached hydrogens (tertiary/aromatic N) is 1. The summed E-state index contributed by atoms with van der Waals surface area (Å²) < 4.78 is 0. The fraction of sp³-hybridized carbons (Fsp3) is 0.316. The zero-order chi connectivity index (χ0) is 16.9. The third kappa shape index (κ3) is 4.05. The van der Waals surface area contributed by atoms with E-state index in [1.165, 1.54) is 5.56 Å². The van der Waals surface area contributed by atoms with Gasteiger partial charge in [0.25, 0.3) is 0 Å². The van der Waals surface area contributed by atoms with Crippen molar-refractivity contribution in [2.75, 3.05) is 24.2 Å². The van der Waals surface area contributed by atoms with Crippen LogP contribution in [0.5, 0.6) is 0 Å². The number of hydrogen-bond donors (Lipinski definition) is 1. The fourth-order valence-electron chi connectivity index (χ4n) is 2.87. The molecule has 0 saturated carbocycles. The molecule has 0 unspecified atom stereocenters. The number of nitrogens with one attached hydrogen (secondary N) is 1. The summed E-state index contributed by atoms with van der Waals surface area (Å²) in [6.07, 6.45) is 0.912. The number of halogens is 1. The average Bonchev–Trinajstić information content (AvgIpc) is 2.83. The quantitative estimate of drug-likeness (QED) is 0.781. The SMILES string of the molecule is Cc1ccccc1NC(=O)N1CCS[C@H](c2ccccc2Cl)CC1. The van der Waals surface area contributed by atoms with Gasteiger partial charge in [0.2, 0.25) is 0 Å². The number of aryl methyl sites for hydroxylation is 1. The number of benzene rings is 2. The minimum Gasteiger partial charge on any atom is -0.324 e. The molecule has 0 aliphatic carbocycles. The van der Waals surface area contributed by atoms with E-state index >= 15 is 0 Å². The molecule has 1 aliphatic rings. The normalized spacial score (nSPS) is 18.1. The van der Waals surface area contributed by atoms with Gasteiger partial charge in [-0.15, -0.1) is 0 Å². The summed E-state index contributed by atoms with van der Waals surface area (Å²) in [4.78, 5) is 14.5. The number of thioether (sulfide) groups is 1. The van der Waals surface area contributed by atoms with Crippen molar-refractivity contribution in [1.29, 1.82) is 0 Å². The highest BCUT2D eigenvalue weighted by Gasteiger charge is 2.23. The zero-order valence-electron chi connectivity index (χ0n) is 13.7. The lowest BCUT2D eigenvalue weighted by molar-refractivity contribution is 0.215. The van der Waals surface area contributed by atoms with E-state index in [-0.39, 0.29) is 6.03 Å². The van der Waals surface area contributed by atoms with Gasteiger partial charge in [-0.05, 0) is 36.6 Å². The number of urea groups is 1. The Morgan fingerprint density at radius 1 is 1.17 bits per heavy atom. The second kappa shape index (κ2) is 7.95. The number of carbonyl (C=O) groups excluding carboxylic acids is 1. The molecular formula is C19H21ClN2OS. The molecule has 0 radical (unpaired) electrons. The standard InChI is InChI=1S/C19H21ClN2OS/c1-14-6-2-5-9-17(14)21-19(23)22-11-10-18(24-13-12-22)15-7-3-4-8-16(15)20/h2-9,18H,10-13H2,1H3,(H,21,23)/t18-/m0/s1. The minimum absolute atomic E-state index is 0.0234. The first-order valence-corrected chi connectivity index (χ1v) is 9.55. The molecule has 3 rings (SSSR count). The Labute approximate surface area is 152 Å². The van der Waals surface area contributed by atoms with E-state index in [0.717, 1.165) is 41.5 Å². The molecule has 0 spiro atoms. The van der Waals surface area contributed by atoms with Crippen LogP contribution in [-0.2, 0) is 0 Å². The smallest absolute Gasteiger partial charge is 0.321 e. The molecule has 1 fully saturated rings. The minimum atomic E-state index is -0.0234. The van der Waals surface area contributed by atoms with Crippen molar-refractivity contribution in [1.82, 2.24) is 4.90 Å². The molecule has 3 nitrogen and oxygen atoms in total. The fourth-order valence-corrected chi connectivity index (χ4v) is 4.46. The van der Waals surface area contributed by atoms with E-state index in [1.807, 2.05) is 66.1 Å². The van der Waals surface area contributed by atoms with E-state index < -0.39 is 0 Å². The van der Waals surface area contributed by atoms with Crippen LogP contribution in [0.15, 0.2) is 48.5 Å². The molecule has 5 heteroatoms. The summed E-state index contributed by atoms with van der Waals surface area (Å²) in [6.45, 7) is 3.49. The van der Waals surface area contributed by atoms with Gasteiger partial charge in [0.1, 0.15) is 0 Å². The Morgan fingerprint density at radius 3 is 2.71 bits per heavy atom. The summed E-state index contributed by atoms with van der Waals surface area (Å²) in [5.41, 5.74) is 3.12. The molecule has 1 atom stereocenters. The van der Waals surface area contributed by atoms with Crippen molar-refractivity contribution in [3.8, 4) is 0 Å². The lowest BCUT2D eigenvalue weighted by Gasteiger charge is -2.21.